The van der Waals surface area contributed by atoms with Crippen molar-refractivity contribution in [3.63, 3.8) is 0 Å². The van der Waals surface area contributed by atoms with Crippen LogP contribution in [0.2, 0.25) is 10.0 Å². The predicted octanol–water partition coefficient (Wildman–Crippen LogP) is 3.06. The van der Waals surface area contributed by atoms with Gasteiger partial charge in [0.1, 0.15) is 47.0 Å². The Labute approximate surface area is 231 Å². The number of aromatic nitrogens is 4. The Balaban J connectivity index is 1.47. The highest BCUT2D eigenvalue weighted by Crippen LogP contribution is 2.41. The largest absolute Gasteiger partial charge is 0.394 e. The summed E-state index contributed by atoms with van der Waals surface area (Å²) in [6.07, 6.45) is 0.862. The van der Waals surface area contributed by atoms with Crippen molar-refractivity contribution in [2.45, 2.75) is 41.1 Å². The molecule has 0 aliphatic carbocycles. The Hall–Kier alpha value is -2.32. The van der Waals surface area contributed by atoms with Crippen LogP contribution in [0.25, 0.3) is 11.3 Å². The highest BCUT2D eigenvalue weighted by atomic mass is 35.5. The number of hydrogen-bond donors (Lipinski definition) is 2. The molecule has 3 aromatic rings. The molecule has 5 rings (SSSR count). The van der Waals surface area contributed by atoms with Crippen LogP contribution in [-0.2, 0) is 9.47 Å². The second-order valence-electron chi connectivity index (χ2n) is 8.88. The number of rotatable bonds is 7. The summed E-state index contributed by atoms with van der Waals surface area (Å²) in [5.74, 6) is -0.818. The average molecular weight is 584 g/mol. The number of thioether (sulfide) groups is 1. The van der Waals surface area contributed by atoms with E-state index in [1.165, 1.54) is 30.1 Å². The number of carbonyl (C=O) groups excluding carboxylic acids is 1. The third-order valence-electron chi connectivity index (χ3n) is 6.54. The minimum atomic E-state index is -1.22. The molecule has 2 aliphatic heterocycles. The number of pyridine rings is 1. The van der Waals surface area contributed by atoms with Crippen molar-refractivity contribution in [3.05, 3.63) is 58.2 Å². The quantitative estimate of drug-likeness (QED) is 0.432. The zero-order valence-electron chi connectivity index (χ0n) is 20.1. The van der Waals surface area contributed by atoms with Gasteiger partial charge in [0.05, 0.1) is 22.8 Å². The Morgan fingerprint density at radius 2 is 2.11 bits per heavy atom. The lowest BCUT2D eigenvalue weighted by Gasteiger charge is -2.43. The van der Waals surface area contributed by atoms with Gasteiger partial charge in [0, 0.05) is 36.9 Å². The first-order valence-electron chi connectivity index (χ1n) is 11.8. The molecule has 1 aromatic carbocycles. The van der Waals surface area contributed by atoms with Crippen LogP contribution in [0.1, 0.15) is 23.0 Å². The highest BCUT2D eigenvalue weighted by Gasteiger charge is 2.48. The topological polar surface area (TPSA) is 123 Å². The van der Waals surface area contributed by atoms with Gasteiger partial charge in [0.25, 0.3) is 5.91 Å². The summed E-state index contributed by atoms with van der Waals surface area (Å²) in [6, 6.07) is 5.04. The second-order valence-corrected chi connectivity index (χ2v) is 10.9. The summed E-state index contributed by atoms with van der Waals surface area (Å²) in [5.41, 5.74) is 0.223. The number of amides is 1. The van der Waals surface area contributed by atoms with Gasteiger partial charge in [0.2, 0.25) is 0 Å². The number of aliphatic hydroxyl groups excluding tert-OH is 2. The molecule has 0 saturated carbocycles. The van der Waals surface area contributed by atoms with Crippen LogP contribution in [0.4, 0.5) is 4.39 Å². The molecule has 0 spiro atoms. The van der Waals surface area contributed by atoms with Gasteiger partial charge in [-0.3, -0.25) is 4.79 Å². The molecule has 38 heavy (non-hydrogen) atoms. The van der Waals surface area contributed by atoms with E-state index in [0.717, 1.165) is 18.2 Å². The Morgan fingerprint density at radius 3 is 2.76 bits per heavy atom. The van der Waals surface area contributed by atoms with E-state index >= 15 is 0 Å². The van der Waals surface area contributed by atoms with Gasteiger partial charge >= 0.3 is 0 Å². The maximum Gasteiger partial charge on any atom is 0.273 e. The molecular weight excluding hydrogens is 560 g/mol. The summed E-state index contributed by atoms with van der Waals surface area (Å²) < 4.78 is 27.2. The van der Waals surface area contributed by atoms with Gasteiger partial charge in [-0.25, -0.2) is 14.1 Å². The molecule has 4 heterocycles. The number of likely N-dealkylation sites (tertiary alicyclic amines) is 1. The molecule has 0 radical (unpaired) electrons. The van der Waals surface area contributed by atoms with Crippen molar-refractivity contribution in [1.29, 1.82) is 0 Å². The smallest absolute Gasteiger partial charge is 0.273 e. The molecule has 2 aliphatic rings. The standard InChI is InChI=1S/C24H24Cl2FN5O5S/c1-36-22-20(32-10-16(29-30-32)12-3-4-14(26)15(27)7-12)21(34)17(11-33)37-24(22)38-18-8-13(25)9-28-19(18)23(35)31-5-2-6-31/h3-4,7-10,17,20-22,24,33-34H,2,5-6,11H2,1H3/t17?,20?,21-,22?,24+/m0/s1. The van der Waals surface area contributed by atoms with Crippen LogP contribution in [0.15, 0.2) is 41.6 Å². The van der Waals surface area contributed by atoms with Gasteiger partial charge in [-0.05, 0) is 24.6 Å². The average Bonchev–Trinajstić information content (AvgIpc) is 3.35. The van der Waals surface area contributed by atoms with E-state index in [2.05, 4.69) is 15.3 Å². The first-order chi connectivity index (χ1) is 18.3. The van der Waals surface area contributed by atoms with E-state index in [4.69, 9.17) is 32.7 Å². The van der Waals surface area contributed by atoms with Gasteiger partial charge in [-0.1, -0.05) is 46.2 Å². The van der Waals surface area contributed by atoms with Gasteiger partial charge < -0.3 is 24.6 Å². The van der Waals surface area contributed by atoms with Crippen molar-refractivity contribution in [2.24, 2.45) is 0 Å². The molecule has 5 atom stereocenters. The highest BCUT2D eigenvalue weighted by molar-refractivity contribution is 8.00. The minimum absolute atomic E-state index is 0.0199. The van der Waals surface area contributed by atoms with E-state index in [1.807, 2.05) is 0 Å². The molecule has 3 unspecified atom stereocenters. The van der Waals surface area contributed by atoms with E-state index in [-0.39, 0.29) is 16.6 Å². The maximum absolute atomic E-state index is 14.0. The van der Waals surface area contributed by atoms with Crippen molar-refractivity contribution < 1.29 is 28.9 Å². The molecule has 2 saturated heterocycles. The van der Waals surface area contributed by atoms with Crippen LogP contribution in [0, 0.1) is 5.82 Å². The summed E-state index contributed by atoms with van der Waals surface area (Å²) in [6.45, 7) is 0.824. The van der Waals surface area contributed by atoms with E-state index in [1.54, 1.807) is 23.2 Å². The second kappa shape index (κ2) is 11.4. The van der Waals surface area contributed by atoms with Gasteiger partial charge in [-0.15, -0.1) is 5.10 Å². The number of benzene rings is 1. The maximum atomic E-state index is 14.0. The lowest BCUT2D eigenvalue weighted by atomic mass is 9.97. The van der Waals surface area contributed by atoms with Crippen LogP contribution >= 0.6 is 35.0 Å². The van der Waals surface area contributed by atoms with Crippen LogP contribution in [0.3, 0.4) is 0 Å². The zero-order valence-corrected chi connectivity index (χ0v) is 22.4. The van der Waals surface area contributed by atoms with E-state index < -0.39 is 42.2 Å². The fourth-order valence-electron chi connectivity index (χ4n) is 4.38. The number of methoxy groups -OCH3 is 1. The first kappa shape index (κ1) is 27.3. The lowest BCUT2D eigenvalue weighted by Crippen LogP contribution is -2.55. The predicted molar refractivity (Wildman–Crippen MR) is 138 cm³/mol. The van der Waals surface area contributed by atoms with E-state index in [0.29, 0.717) is 34.3 Å². The fraction of sp³-hybridized carbons (Fsp3) is 0.417. The number of carbonyl (C=O) groups is 1. The summed E-state index contributed by atoms with van der Waals surface area (Å²) in [7, 11) is 1.45. The molecule has 2 fully saturated rings. The SMILES string of the molecule is COC1C(n2cc(-c3ccc(Cl)c(F)c3)nn2)[C@@H](O)C(CO)O[C@@H]1Sc1cc(Cl)cnc1C(=O)N1CCC1. The third kappa shape index (κ3) is 5.26. The monoisotopic (exact) mass is 583 g/mol. The molecule has 0 bridgehead atoms. The molecule has 10 nitrogen and oxygen atoms in total. The number of ether oxygens (including phenoxy) is 2. The summed E-state index contributed by atoms with van der Waals surface area (Å²) >= 11 is 13.2. The molecular formula is C24H24Cl2FN5O5S. The number of hydrogen-bond acceptors (Lipinski definition) is 9. The number of halogens is 3. The number of nitrogens with zero attached hydrogens (tertiary/aromatic N) is 5. The molecule has 2 aromatic heterocycles. The van der Waals surface area contributed by atoms with Crippen LogP contribution in [0.5, 0.6) is 0 Å². The molecule has 14 heteroatoms. The van der Waals surface area contributed by atoms with Crippen molar-refractivity contribution in [1.82, 2.24) is 24.9 Å². The zero-order chi connectivity index (χ0) is 27.0. The number of aliphatic hydroxyl groups is 2. The van der Waals surface area contributed by atoms with Crippen LogP contribution < -0.4 is 0 Å². The lowest BCUT2D eigenvalue weighted by molar-refractivity contribution is -0.186. The summed E-state index contributed by atoms with van der Waals surface area (Å²) in [4.78, 5) is 19.4. The van der Waals surface area contributed by atoms with Gasteiger partial charge in [0.15, 0.2) is 0 Å². The fourth-order valence-corrected chi connectivity index (χ4v) is 6.03. The third-order valence-corrected chi connectivity index (χ3v) is 8.23. The van der Waals surface area contributed by atoms with Crippen LogP contribution in [-0.4, -0.2) is 91.6 Å². The first-order valence-corrected chi connectivity index (χ1v) is 13.4. The Kier molecular flexibility index (Phi) is 8.19. The van der Waals surface area contributed by atoms with Crippen molar-refractivity contribution in [3.8, 4) is 11.3 Å². The van der Waals surface area contributed by atoms with Crippen molar-refractivity contribution >= 4 is 40.9 Å². The Bertz CT molecular complexity index is 1330. The molecule has 1 amide bonds. The Morgan fingerprint density at radius 1 is 1.32 bits per heavy atom. The van der Waals surface area contributed by atoms with Gasteiger partial charge in [-0.2, -0.15) is 0 Å². The summed E-state index contributed by atoms with van der Waals surface area (Å²) in [5, 5.41) is 29.7. The molecule has 2 N–H and O–H groups in total. The normalized spacial score (nSPS) is 25.3. The van der Waals surface area contributed by atoms with Crippen molar-refractivity contribution in [2.75, 3.05) is 26.8 Å². The minimum Gasteiger partial charge on any atom is -0.394 e. The molecule has 202 valence electrons. The van der Waals surface area contributed by atoms with E-state index in [9.17, 15) is 19.4 Å².